The second-order valence-electron chi connectivity index (χ2n) is 5.47. The summed E-state index contributed by atoms with van der Waals surface area (Å²) < 4.78 is 5.52. The van der Waals surface area contributed by atoms with Crippen LogP contribution in [0.25, 0.3) is 10.8 Å². The molecule has 1 atom stereocenters. The van der Waals surface area contributed by atoms with Gasteiger partial charge in [-0.05, 0) is 35.4 Å². The smallest absolute Gasteiger partial charge is 0.339 e. The summed E-state index contributed by atoms with van der Waals surface area (Å²) in [5, 5.41) is 11.3. The maximum Gasteiger partial charge on any atom is 0.339 e. The quantitative estimate of drug-likeness (QED) is 0.721. The molecule has 0 amide bonds. The Labute approximate surface area is 139 Å². The van der Waals surface area contributed by atoms with Crippen LogP contribution < -0.4 is 0 Å². The number of hydrogen-bond donors (Lipinski definition) is 1. The Balaban J connectivity index is 1.91. The van der Waals surface area contributed by atoms with Gasteiger partial charge in [-0.2, -0.15) is 0 Å². The Morgan fingerprint density at radius 2 is 1.50 bits per heavy atom. The summed E-state index contributed by atoms with van der Waals surface area (Å²) in [5.74, 6) is -1.80. The Morgan fingerprint density at radius 1 is 0.875 bits per heavy atom. The lowest BCUT2D eigenvalue weighted by atomic mass is 10.0. The van der Waals surface area contributed by atoms with E-state index in [-0.39, 0.29) is 11.1 Å². The maximum atomic E-state index is 12.4. The summed E-state index contributed by atoms with van der Waals surface area (Å²) in [7, 11) is 0. The maximum absolute atomic E-state index is 12.4. The molecule has 3 aromatic carbocycles. The number of ether oxygens (including phenoxy) is 1. The van der Waals surface area contributed by atoms with Crippen LogP contribution in [0.15, 0.2) is 66.7 Å². The first-order chi connectivity index (χ1) is 11.6. The van der Waals surface area contributed by atoms with Crippen LogP contribution in [0, 0.1) is 0 Å². The van der Waals surface area contributed by atoms with Crippen molar-refractivity contribution in [2.24, 2.45) is 0 Å². The van der Waals surface area contributed by atoms with Crippen LogP contribution in [0.3, 0.4) is 0 Å². The molecule has 120 valence electrons. The summed E-state index contributed by atoms with van der Waals surface area (Å²) in [6, 6.07) is 19.7. The Morgan fingerprint density at radius 3 is 2.25 bits per heavy atom. The standard InChI is InChI=1S/C20H16O4/c1-13(15-12-6-8-14-7-2-3-9-16(14)15)24-20(23)18-11-5-4-10-17(18)19(21)22/h2-13H,1H3,(H,21,22). The van der Waals surface area contributed by atoms with E-state index in [9.17, 15) is 14.7 Å². The molecule has 1 N–H and O–H groups in total. The Bertz CT molecular complexity index is 909. The van der Waals surface area contributed by atoms with Crippen LogP contribution in [-0.2, 0) is 4.74 Å². The van der Waals surface area contributed by atoms with Gasteiger partial charge >= 0.3 is 11.9 Å². The topological polar surface area (TPSA) is 63.6 Å². The average molecular weight is 320 g/mol. The van der Waals surface area contributed by atoms with E-state index in [2.05, 4.69) is 0 Å². The average Bonchev–Trinajstić information content (AvgIpc) is 2.61. The first-order valence-corrected chi connectivity index (χ1v) is 7.59. The molecule has 0 bridgehead atoms. The second kappa shape index (κ2) is 6.54. The van der Waals surface area contributed by atoms with Crippen LogP contribution in [0.2, 0.25) is 0 Å². The highest BCUT2D eigenvalue weighted by Gasteiger charge is 2.20. The molecule has 4 heteroatoms. The predicted octanol–water partition coefficient (Wildman–Crippen LogP) is 4.46. The highest BCUT2D eigenvalue weighted by molar-refractivity contribution is 6.02. The number of fused-ring (bicyclic) bond motifs is 1. The van der Waals surface area contributed by atoms with Crippen molar-refractivity contribution in [1.82, 2.24) is 0 Å². The zero-order chi connectivity index (χ0) is 17.1. The molecule has 0 saturated carbocycles. The van der Waals surface area contributed by atoms with Crippen molar-refractivity contribution in [3.05, 3.63) is 83.4 Å². The molecule has 4 nitrogen and oxygen atoms in total. The SMILES string of the molecule is CC(OC(=O)c1ccccc1C(=O)O)c1cccc2ccccc12. The highest BCUT2D eigenvalue weighted by Crippen LogP contribution is 2.27. The lowest BCUT2D eigenvalue weighted by Gasteiger charge is -2.16. The van der Waals surface area contributed by atoms with Crippen molar-refractivity contribution >= 4 is 22.7 Å². The Kier molecular flexibility index (Phi) is 4.29. The van der Waals surface area contributed by atoms with Crippen molar-refractivity contribution in [3.8, 4) is 0 Å². The van der Waals surface area contributed by atoms with Crippen LogP contribution in [0.4, 0.5) is 0 Å². The first-order valence-electron chi connectivity index (χ1n) is 7.59. The van der Waals surface area contributed by atoms with Gasteiger partial charge in [-0.25, -0.2) is 9.59 Å². The largest absolute Gasteiger partial charge is 0.478 e. The third kappa shape index (κ3) is 2.99. The molecule has 0 aromatic heterocycles. The minimum absolute atomic E-state index is 0.0529. The van der Waals surface area contributed by atoms with Gasteiger partial charge in [0.25, 0.3) is 0 Å². The minimum atomic E-state index is -1.15. The van der Waals surface area contributed by atoms with Gasteiger partial charge in [-0.1, -0.05) is 54.6 Å². The summed E-state index contributed by atoms with van der Waals surface area (Å²) in [6.07, 6.45) is -0.495. The lowest BCUT2D eigenvalue weighted by molar-refractivity contribution is 0.0334. The van der Waals surface area contributed by atoms with Gasteiger partial charge in [0.2, 0.25) is 0 Å². The van der Waals surface area contributed by atoms with Crippen molar-refractivity contribution in [2.75, 3.05) is 0 Å². The third-order valence-corrected chi connectivity index (χ3v) is 3.92. The molecular weight excluding hydrogens is 304 g/mol. The number of benzene rings is 3. The van der Waals surface area contributed by atoms with E-state index >= 15 is 0 Å². The summed E-state index contributed by atoms with van der Waals surface area (Å²) in [6.45, 7) is 1.78. The molecule has 1 unspecified atom stereocenters. The lowest BCUT2D eigenvalue weighted by Crippen LogP contribution is -2.14. The second-order valence-corrected chi connectivity index (χ2v) is 5.47. The number of hydrogen-bond acceptors (Lipinski definition) is 3. The molecule has 24 heavy (non-hydrogen) atoms. The van der Waals surface area contributed by atoms with Gasteiger partial charge in [0.1, 0.15) is 6.10 Å². The molecule has 3 aromatic rings. The van der Waals surface area contributed by atoms with Crippen molar-refractivity contribution in [3.63, 3.8) is 0 Å². The zero-order valence-corrected chi connectivity index (χ0v) is 13.1. The monoisotopic (exact) mass is 320 g/mol. The third-order valence-electron chi connectivity index (χ3n) is 3.92. The van der Waals surface area contributed by atoms with E-state index in [0.717, 1.165) is 16.3 Å². The minimum Gasteiger partial charge on any atom is -0.478 e. The normalized spacial score (nSPS) is 11.9. The predicted molar refractivity (Wildman–Crippen MR) is 91.2 cm³/mol. The first kappa shape index (κ1) is 15.7. The van der Waals surface area contributed by atoms with Crippen LogP contribution in [0.5, 0.6) is 0 Å². The van der Waals surface area contributed by atoms with E-state index < -0.39 is 18.0 Å². The number of rotatable bonds is 4. The number of aromatic carboxylic acids is 1. The highest BCUT2D eigenvalue weighted by atomic mass is 16.5. The molecule has 3 rings (SSSR count). The zero-order valence-electron chi connectivity index (χ0n) is 13.1. The van der Waals surface area contributed by atoms with E-state index in [1.165, 1.54) is 12.1 Å². The molecule has 0 spiro atoms. The molecule has 0 heterocycles. The summed E-state index contributed by atoms with van der Waals surface area (Å²) in [5.41, 5.74) is 0.874. The van der Waals surface area contributed by atoms with E-state index in [1.54, 1.807) is 19.1 Å². The van der Waals surface area contributed by atoms with Gasteiger partial charge in [0, 0.05) is 0 Å². The van der Waals surface area contributed by atoms with Crippen LogP contribution in [-0.4, -0.2) is 17.0 Å². The molecule has 0 aliphatic rings. The van der Waals surface area contributed by atoms with Crippen molar-refractivity contribution in [1.29, 1.82) is 0 Å². The van der Waals surface area contributed by atoms with Gasteiger partial charge in [-0.15, -0.1) is 0 Å². The fourth-order valence-corrected chi connectivity index (χ4v) is 2.74. The number of carboxylic acid groups (broad SMARTS) is 1. The molecular formula is C20H16O4. The number of esters is 1. The van der Waals surface area contributed by atoms with Crippen LogP contribution >= 0.6 is 0 Å². The molecule has 0 saturated heterocycles. The van der Waals surface area contributed by atoms with Crippen molar-refractivity contribution in [2.45, 2.75) is 13.0 Å². The van der Waals surface area contributed by atoms with Gasteiger partial charge in [0.15, 0.2) is 0 Å². The Hall–Kier alpha value is -3.14. The molecule has 0 aliphatic heterocycles. The number of carbonyl (C=O) groups is 2. The molecule has 0 aliphatic carbocycles. The number of carbonyl (C=O) groups excluding carboxylic acids is 1. The van der Waals surface area contributed by atoms with E-state index in [0.29, 0.717) is 0 Å². The summed E-state index contributed by atoms with van der Waals surface area (Å²) >= 11 is 0. The molecule has 0 fully saturated rings. The van der Waals surface area contributed by atoms with Crippen molar-refractivity contribution < 1.29 is 19.4 Å². The van der Waals surface area contributed by atoms with Gasteiger partial charge in [-0.3, -0.25) is 0 Å². The van der Waals surface area contributed by atoms with Gasteiger partial charge in [0.05, 0.1) is 11.1 Å². The van der Waals surface area contributed by atoms with E-state index in [4.69, 9.17) is 4.74 Å². The fraction of sp³-hybridized carbons (Fsp3) is 0.100. The number of carboxylic acids is 1. The summed E-state index contributed by atoms with van der Waals surface area (Å²) in [4.78, 5) is 23.7. The van der Waals surface area contributed by atoms with Gasteiger partial charge < -0.3 is 9.84 Å². The fourth-order valence-electron chi connectivity index (χ4n) is 2.74. The van der Waals surface area contributed by atoms with Crippen LogP contribution in [0.1, 0.15) is 39.3 Å². The molecule has 0 radical (unpaired) electrons. The van der Waals surface area contributed by atoms with E-state index in [1.807, 2.05) is 42.5 Å².